The second-order valence-corrected chi connectivity index (χ2v) is 6.74. The number of carbonyl (C=O) groups excluding carboxylic acids is 2. The number of imide groups is 1. The Morgan fingerprint density at radius 2 is 2.21 bits per heavy atom. The monoisotopic (exact) mass is 370 g/mol. The summed E-state index contributed by atoms with van der Waals surface area (Å²) in [6.45, 7) is 2.83. The molecule has 1 aromatic heterocycles. The Morgan fingerprint density at radius 1 is 1.46 bits per heavy atom. The average Bonchev–Trinajstić information content (AvgIpc) is 2.88. The molecule has 0 fully saturated rings. The number of amides is 3. The smallest absolute Gasteiger partial charge is 0.321 e. The van der Waals surface area contributed by atoms with Crippen LogP contribution < -0.4 is 10.6 Å². The van der Waals surface area contributed by atoms with Gasteiger partial charge in [0.25, 0.3) is 0 Å². The van der Waals surface area contributed by atoms with E-state index in [1.54, 1.807) is 26.2 Å². The first-order chi connectivity index (χ1) is 11.5. The molecule has 1 heterocycles. The third-order valence-corrected chi connectivity index (χ3v) is 4.63. The SMILES string of the molecule is CNC(=O)NC(=O)C(C)Sc1nc2cc(Cl)ccc2n1CCOC. The Labute approximate surface area is 149 Å². The summed E-state index contributed by atoms with van der Waals surface area (Å²) in [7, 11) is 3.08. The summed E-state index contributed by atoms with van der Waals surface area (Å²) in [6.07, 6.45) is 0. The number of halogens is 1. The molecule has 1 aromatic carbocycles. The molecule has 0 aliphatic carbocycles. The van der Waals surface area contributed by atoms with Crippen LogP contribution in [0.2, 0.25) is 5.02 Å². The Kier molecular flexibility index (Phi) is 6.47. The minimum atomic E-state index is -0.535. The predicted octanol–water partition coefficient (Wildman–Crippen LogP) is 2.27. The first kappa shape index (κ1) is 18.6. The van der Waals surface area contributed by atoms with Gasteiger partial charge < -0.3 is 14.6 Å². The number of aromatic nitrogens is 2. The summed E-state index contributed by atoms with van der Waals surface area (Å²) in [6, 6.07) is 4.93. The number of hydrogen-bond donors (Lipinski definition) is 2. The second-order valence-electron chi connectivity index (χ2n) is 5.00. The molecule has 0 spiro atoms. The van der Waals surface area contributed by atoms with Gasteiger partial charge in [-0.15, -0.1) is 0 Å². The van der Waals surface area contributed by atoms with E-state index < -0.39 is 11.3 Å². The second kappa shape index (κ2) is 8.36. The molecule has 2 N–H and O–H groups in total. The third-order valence-electron chi connectivity index (χ3n) is 3.31. The molecule has 9 heteroatoms. The fourth-order valence-electron chi connectivity index (χ4n) is 2.06. The van der Waals surface area contributed by atoms with Crippen molar-refractivity contribution in [2.45, 2.75) is 23.9 Å². The topological polar surface area (TPSA) is 85.3 Å². The van der Waals surface area contributed by atoms with Gasteiger partial charge in [0, 0.05) is 25.7 Å². The van der Waals surface area contributed by atoms with Gasteiger partial charge in [-0.25, -0.2) is 9.78 Å². The van der Waals surface area contributed by atoms with Gasteiger partial charge in [-0.05, 0) is 25.1 Å². The van der Waals surface area contributed by atoms with Gasteiger partial charge in [0.05, 0.1) is 22.9 Å². The minimum Gasteiger partial charge on any atom is -0.383 e. The van der Waals surface area contributed by atoms with Crippen molar-refractivity contribution in [3.05, 3.63) is 23.2 Å². The standard InChI is InChI=1S/C15H19ClN4O3S/c1-9(13(21)19-14(22)17-2)24-15-18-11-8-10(16)4-5-12(11)20(15)6-7-23-3/h4-5,8-9H,6-7H2,1-3H3,(H2,17,19,21,22). The van der Waals surface area contributed by atoms with Gasteiger partial charge in [-0.2, -0.15) is 0 Å². The van der Waals surface area contributed by atoms with Crippen molar-refractivity contribution in [3.8, 4) is 0 Å². The van der Waals surface area contributed by atoms with Gasteiger partial charge in [-0.3, -0.25) is 10.1 Å². The number of benzene rings is 1. The molecule has 0 radical (unpaired) electrons. The number of carbonyl (C=O) groups is 2. The van der Waals surface area contributed by atoms with Crippen molar-refractivity contribution in [1.82, 2.24) is 20.2 Å². The Hall–Kier alpha value is -1.77. The van der Waals surface area contributed by atoms with Crippen molar-refractivity contribution < 1.29 is 14.3 Å². The number of ether oxygens (including phenoxy) is 1. The van der Waals surface area contributed by atoms with Gasteiger partial charge >= 0.3 is 6.03 Å². The van der Waals surface area contributed by atoms with Gasteiger partial charge in [0.2, 0.25) is 5.91 Å². The molecular weight excluding hydrogens is 352 g/mol. The highest BCUT2D eigenvalue weighted by molar-refractivity contribution is 8.00. The Balaban J connectivity index is 2.26. The van der Waals surface area contributed by atoms with Crippen LogP contribution in [0, 0.1) is 0 Å². The maximum atomic E-state index is 12.0. The number of rotatable bonds is 6. The van der Waals surface area contributed by atoms with E-state index in [-0.39, 0.29) is 5.91 Å². The normalized spacial score (nSPS) is 12.2. The molecule has 2 rings (SSSR count). The zero-order valence-electron chi connectivity index (χ0n) is 13.6. The molecule has 2 aromatic rings. The minimum absolute atomic E-state index is 0.386. The molecule has 0 aliphatic rings. The summed E-state index contributed by atoms with van der Waals surface area (Å²) in [5, 5.41) is 5.39. The van der Waals surface area contributed by atoms with Crippen LogP contribution in [-0.4, -0.2) is 47.5 Å². The lowest BCUT2D eigenvalue weighted by atomic mass is 10.3. The van der Waals surface area contributed by atoms with Crippen LogP contribution >= 0.6 is 23.4 Å². The quantitative estimate of drug-likeness (QED) is 0.762. The van der Waals surface area contributed by atoms with E-state index in [9.17, 15) is 9.59 Å². The van der Waals surface area contributed by atoms with Crippen LogP contribution in [0.25, 0.3) is 11.0 Å². The first-order valence-electron chi connectivity index (χ1n) is 7.30. The number of urea groups is 1. The largest absolute Gasteiger partial charge is 0.383 e. The molecule has 24 heavy (non-hydrogen) atoms. The maximum Gasteiger partial charge on any atom is 0.321 e. The number of methoxy groups -OCH3 is 1. The van der Waals surface area contributed by atoms with E-state index in [1.807, 2.05) is 10.6 Å². The van der Waals surface area contributed by atoms with Gasteiger partial charge in [0.1, 0.15) is 0 Å². The van der Waals surface area contributed by atoms with Gasteiger partial charge in [-0.1, -0.05) is 23.4 Å². The van der Waals surface area contributed by atoms with Crippen LogP contribution in [0.3, 0.4) is 0 Å². The van der Waals surface area contributed by atoms with E-state index in [2.05, 4.69) is 15.6 Å². The van der Waals surface area contributed by atoms with E-state index in [1.165, 1.54) is 18.8 Å². The zero-order valence-corrected chi connectivity index (χ0v) is 15.2. The number of imidazole rings is 1. The highest BCUT2D eigenvalue weighted by Crippen LogP contribution is 2.28. The molecule has 0 saturated heterocycles. The number of nitrogens with zero attached hydrogens (tertiary/aromatic N) is 2. The van der Waals surface area contributed by atoms with E-state index in [0.29, 0.717) is 23.3 Å². The lowest BCUT2D eigenvalue weighted by Gasteiger charge is -2.12. The van der Waals surface area contributed by atoms with E-state index in [0.717, 1.165) is 11.0 Å². The van der Waals surface area contributed by atoms with Crippen molar-refractivity contribution in [2.24, 2.45) is 0 Å². The fourth-order valence-corrected chi connectivity index (χ4v) is 3.17. The number of fused-ring (bicyclic) bond motifs is 1. The number of hydrogen-bond acceptors (Lipinski definition) is 5. The molecule has 1 unspecified atom stereocenters. The predicted molar refractivity (Wildman–Crippen MR) is 94.5 cm³/mol. The molecule has 1 atom stereocenters. The Morgan fingerprint density at radius 3 is 2.88 bits per heavy atom. The van der Waals surface area contributed by atoms with Crippen LogP contribution in [0.5, 0.6) is 0 Å². The van der Waals surface area contributed by atoms with Crippen LogP contribution in [0.1, 0.15) is 6.92 Å². The molecule has 0 aliphatic heterocycles. The summed E-state index contributed by atoms with van der Waals surface area (Å²) in [4.78, 5) is 27.9. The fraction of sp³-hybridized carbons (Fsp3) is 0.400. The lowest BCUT2D eigenvalue weighted by Crippen LogP contribution is -2.41. The first-order valence-corrected chi connectivity index (χ1v) is 8.56. The summed E-state index contributed by atoms with van der Waals surface area (Å²) < 4.78 is 7.12. The summed E-state index contributed by atoms with van der Waals surface area (Å²) >= 11 is 7.30. The highest BCUT2D eigenvalue weighted by atomic mass is 35.5. The van der Waals surface area contributed by atoms with Gasteiger partial charge in [0.15, 0.2) is 5.16 Å². The van der Waals surface area contributed by atoms with E-state index in [4.69, 9.17) is 16.3 Å². The van der Waals surface area contributed by atoms with Crippen molar-refractivity contribution in [3.63, 3.8) is 0 Å². The lowest BCUT2D eigenvalue weighted by molar-refractivity contribution is -0.119. The third kappa shape index (κ3) is 4.40. The molecule has 7 nitrogen and oxygen atoms in total. The van der Waals surface area contributed by atoms with Crippen LogP contribution in [0.15, 0.2) is 23.4 Å². The van der Waals surface area contributed by atoms with Crippen molar-refractivity contribution in [1.29, 1.82) is 0 Å². The van der Waals surface area contributed by atoms with Crippen molar-refractivity contribution >= 4 is 46.3 Å². The van der Waals surface area contributed by atoms with E-state index >= 15 is 0 Å². The average molecular weight is 371 g/mol. The number of nitrogens with one attached hydrogen (secondary N) is 2. The molecule has 0 saturated carbocycles. The number of thioether (sulfide) groups is 1. The zero-order chi connectivity index (χ0) is 17.7. The Bertz CT molecular complexity index is 750. The summed E-state index contributed by atoms with van der Waals surface area (Å²) in [5.74, 6) is -0.386. The van der Waals surface area contributed by atoms with Crippen molar-refractivity contribution in [2.75, 3.05) is 20.8 Å². The molecule has 3 amide bonds. The molecule has 130 valence electrons. The van der Waals surface area contributed by atoms with Crippen LogP contribution in [-0.2, 0) is 16.1 Å². The maximum absolute atomic E-state index is 12.0. The summed E-state index contributed by atoms with van der Waals surface area (Å²) in [5.41, 5.74) is 1.66. The molecule has 0 bridgehead atoms. The van der Waals surface area contributed by atoms with Crippen LogP contribution in [0.4, 0.5) is 4.79 Å². The highest BCUT2D eigenvalue weighted by Gasteiger charge is 2.20. The molecular formula is C15H19ClN4O3S.